The zero-order chi connectivity index (χ0) is 19.0. The van der Waals surface area contributed by atoms with Crippen molar-refractivity contribution >= 4 is 28.6 Å². The number of hydrogen-bond donors (Lipinski definition) is 3. The Balaban J connectivity index is 1.66. The van der Waals surface area contributed by atoms with Crippen LogP contribution in [-0.2, 0) is 12.1 Å². The lowest BCUT2D eigenvalue weighted by Crippen LogP contribution is -2.28. The van der Waals surface area contributed by atoms with Crippen LogP contribution in [0, 0.1) is 5.41 Å². The number of halogens is 1. The molecule has 2 aromatic heterocycles. The summed E-state index contributed by atoms with van der Waals surface area (Å²) in [7, 11) is 0. The molecule has 2 aromatic carbocycles. The monoisotopic (exact) mass is 381 g/mol. The maximum absolute atomic E-state index is 7.79. The molecular weight excluding hydrogens is 362 g/mol. The van der Waals surface area contributed by atoms with E-state index in [9.17, 15) is 0 Å². The van der Waals surface area contributed by atoms with Gasteiger partial charge in [0.05, 0.1) is 23.1 Å². The molecule has 0 radical (unpaired) electrons. The molecule has 0 aliphatic rings. The minimum Gasteiger partial charge on any atom is -0.432 e. The van der Waals surface area contributed by atoms with Gasteiger partial charge in [-0.1, -0.05) is 35.9 Å². The van der Waals surface area contributed by atoms with Gasteiger partial charge in [-0.2, -0.15) is 0 Å². The van der Waals surface area contributed by atoms with Crippen LogP contribution in [0.2, 0.25) is 5.02 Å². The van der Waals surface area contributed by atoms with E-state index < -0.39 is 0 Å². The van der Waals surface area contributed by atoms with Gasteiger partial charge in [-0.05, 0) is 43.2 Å². The summed E-state index contributed by atoms with van der Waals surface area (Å²) in [6.07, 6.45) is 3.25. The van der Waals surface area contributed by atoms with E-state index in [4.69, 9.17) is 26.4 Å². The van der Waals surface area contributed by atoms with Crippen LogP contribution in [0.4, 0.5) is 5.95 Å². The summed E-state index contributed by atoms with van der Waals surface area (Å²) in [6.45, 7) is 4.69. The summed E-state index contributed by atoms with van der Waals surface area (Å²) in [4.78, 5) is 8.09. The number of para-hydroxylation sites is 1. The summed E-state index contributed by atoms with van der Waals surface area (Å²) < 4.78 is 6.79. The number of nitrogens with zero attached hydrogens (tertiary/aromatic N) is 2. The van der Waals surface area contributed by atoms with Crippen molar-refractivity contribution in [2.45, 2.75) is 25.9 Å². The number of oxazole rings is 1. The number of aromatic amines is 1. The predicted octanol–water partition coefficient (Wildman–Crippen LogP) is 4.49. The molecule has 4 aromatic rings. The Morgan fingerprint density at radius 3 is 2.81 bits per heavy atom. The van der Waals surface area contributed by atoms with Crippen LogP contribution in [0.5, 0.6) is 0 Å². The summed E-state index contributed by atoms with van der Waals surface area (Å²) >= 11 is 6.14. The van der Waals surface area contributed by atoms with E-state index in [0.717, 1.165) is 22.2 Å². The molecule has 0 unspecified atom stereocenters. The average molecular weight is 382 g/mol. The highest BCUT2D eigenvalue weighted by molar-refractivity contribution is 6.30. The lowest BCUT2D eigenvalue weighted by molar-refractivity contribution is 0.458. The van der Waals surface area contributed by atoms with E-state index in [2.05, 4.69) is 24.1 Å². The molecule has 0 saturated heterocycles. The predicted molar refractivity (Wildman–Crippen MR) is 106 cm³/mol. The number of fused-ring (bicyclic) bond motifs is 1. The van der Waals surface area contributed by atoms with E-state index in [1.807, 2.05) is 42.5 Å². The summed E-state index contributed by atoms with van der Waals surface area (Å²) in [5.41, 5.74) is 3.65. The Morgan fingerprint density at radius 2 is 2.07 bits per heavy atom. The summed E-state index contributed by atoms with van der Waals surface area (Å²) in [6, 6.07) is 13.8. The molecule has 4 rings (SSSR count). The Kier molecular flexibility index (Phi) is 4.28. The van der Waals surface area contributed by atoms with Crippen molar-refractivity contribution in [2.75, 3.05) is 5.32 Å². The number of nitrogens with one attached hydrogen (secondary N) is 3. The highest BCUT2D eigenvalue weighted by Crippen LogP contribution is 2.28. The molecule has 138 valence electrons. The SMILES string of the molecule is CC(C)(Nc1nc2c(Cn3ccoc3=N)cccc2[nH]1)c1cccc(Cl)c1. The van der Waals surface area contributed by atoms with Crippen LogP contribution in [0.25, 0.3) is 11.0 Å². The summed E-state index contributed by atoms with van der Waals surface area (Å²) in [5, 5.41) is 12.0. The molecule has 6 nitrogen and oxygen atoms in total. The van der Waals surface area contributed by atoms with Crippen molar-refractivity contribution in [3.05, 3.63) is 76.8 Å². The van der Waals surface area contributed by atoms with Crippen molar-refractivity contribution in [2.24, 2.45) is 0 Å². The van der Waals surface area contributed by atoms with Gasteiger partial charge >= 0.3 is 0 Å². The van der Waals surface area contributed by atoms with Gasteiger partial charge in [-0.15, -0.1) is 0 Å². The highest BCUT2D eigenvalue weighted by atomic mass is 35.5. The van der Waals surface area contributed by atoms with E-state index >= 15 is 0 Å². The molecule has 7 heteroatoms. The molecule has 0 atom stereocenters. The largest absolute Gasteiger partial charge is 0.432 e. The number of aromatic nitrogens is 3. The normalized spacial score (nSPS) is 11.8. The second kappa shape index (κ2) is 6.63. The molecule has 2 heterocycles. The number of benzene rings is 2. The molecular formula is C20H20ClN5O. The van der Waals surface area contributed by atoms with Crippen LogP contribution in [0.1, 0.15) is 25.0 Å². The maximum Gasteiger partial charge on any atom is 0.293 e. The second-order valence-electron chi connectivity index (χ2n) is 7.00. The van der Waals surface area contributed by atoms with Gasteiger partial charge in [-0.25, -0.2) is 4.98 Å². The molecule has 0 amide bonds. The zero-order valence-electron chi connectivity index (χ0n) is 15.1. The van der Waals surface area contributed by atoms with Crippen LogP contribution in [0.3, 0.4) is 0 Å². The number of rotatable bonds is 5. The number of anilines is 1. The fourth-order valence-corrected chi connectivity index (χ4v) is 3.33. The first-order valence-electron chi connectivity index (χ1n) is 8.63. The number of imidazole rings is 1. The molecule has 27 heavy (non-hydrogen) atoms. The van der Waals surface area contributed by atoms with E-state index in [1.165, 1.54) is 6.26 Å². The molecule has 0 bridgehead atoms. The van der Waals surface area contributed by atoms with Gasteiger partial charge in [0.25, 0.3) is 5.68 Å². The first-order valence-corrected chi connectivity index (χ1v) is 9.00. The highest BCUT2D eigenvalue weighted by Gasteiger charge is 2.22. The number of H-pyrrole nitrogens is 1. The van der Waals surface area contributed by atoms with E-state index in [1.54, 1.807) is 10.8 Å². The van der Waals surface area contributed by atoms with Crippen LogP contribution in [-0.4, -0.2) is 14.5 Å². The van der Waals surface area contributed by atoms with Gasteiger partial charge < -0.3 is 14.7 Å². The second-order valence-corrected chi connectivity index (χ2v) is 7.43. The third-order valence-corrected chi connectivity index (χ3v) is 4.83. The Bertz CT molecular complexity index is 1150. The maximum atomic E-state index is 7.79. The molecule has 0 aliphatic carbocycles. The average Bonchev–Trinajstić information content (AvgIpc) is 3.21. The number of hydrogen-bond acceptors (Lipinski definition) is 4. The van der Waals surface area contributed by atoms with Gasteiger partial charge in [0.1, 0.15) is 6.26 Å². The van der Waals surface area contributed by atoms with Crippen molar-refractivity contribution < 1.29 is 4.42 Å². The van der Waals surface area contributed by atoms with Crippen LogP contribution < -0.4 is 11.0 Å². The molecule has 0 spiro atoms. The van der Waals surface area contributed by atoms with Crippen molar-refractivity contribution in [1.29, 1.82) is 5.41 Å². The molecule has 0 fully saturated rings. The molecule has 3 N–H and O–H groups in total. The molecule has 0 saturated carbocycles. The first-order chi connectivity index (χ1) is 12.9. The smallest absolute Gasteiger partial charge is 0.293 e. The van der Waals surface area contributed by atoms with Gasteiger partial charge in [0.2, 0.25) is 5.95 Å². The topological polar surface area (TPSA) is 82.6 Å². The van der Waals surface area contributed by atoms with Gasteiger partial charge in [-0.3, -0.25) is 9.98 Å². The lowest BCUT2D eigenvalue weighted by Gasteiger charge is -2.26. The quantitative estimate of drug-likeness (QED) is 0.476. The van der Waals surface area contributed by atoms with E-state index in [-0.39, 0.29) is 11.2 Å². The third-order valence-electron chi connectivity index (χ3n) is 4.60. The van der Waals surface area contributed by atoms with Crippen LogP contribution in [0.15, 0.2) is 59.3 Å². The first kappa shape index (κ1) is 17.4. The Hall–Kier alpha value is -2.99. The standard InChI is InChI=1S/C20H20ClN5O/c1-20(2,14-6-4-7-15(21)11-14)25-19-23-16-8-3-5-13(17(16)24-19)12-26-9-10-27-18(26)22/h3-11,22H,12H2,1-2H3,(H2,23,24,25). The lowest BCUT2D eigenvalue weighted by atomic mass is 9.94. The van der Waals surface area contributed by atoms with Crippen LogP contribution >= 0.6 is 11.6 Å². The fourth-order valence-electron chi connectivity index (χ4n) is 3.14. The Labute approximate surface area is 161 Å². The van der Waals surface area contributed by atoms with Crippen molar-refractivity contribution in [3.8, 4) is 0 Å². The fraction of sp³-hybridized carbons (Fsp3) is 0.200. The third kappa shape index (κ3) is 3.48. The summed E-state index contributed by atoms with van der Waals surface area (Å²) in [5.74, 6) is 0.686. The van der Waals surface area contributed by atoms with Crippen molar-refractivity contribution in [1.82, 2.24) is 14.5 Å². The van der Waals surface area contributed by atoms with Gasteiger partial charge in [0.15, 0.2) is 0 Å². The van der Waals surface area contributed by atoms with Gasteiger partial charge in [0, 0.05) is 11.2 Å². The van der Waals surface area contributed by atoms with E-state index in [0.29, 0.717) is 17.5 Å². The van der Waals surface area contributed by atoms with Crippen molar-refractivity contribution in [3.63, 3.8) is 0 Å². The minimum absolute atomic E-state index is 0.114. The minimum atomic E-state index is -0.355. The zero-order valence-corrected chi connectivity index (χ0v) is 15.8. The molecule has 0 aliphatic heterocycles. The Morgan fingerprint density at radius 1 is 1.26 bits per heavy atom.